The van der Waals surface area contributed by atoms with Gasteiger partial charge in [0.2, 0.25) is 5.95 Å². The molecule has 2 aromatic heterocycles. The molecule has 0 fully saturated rings. The van der Waals surface area contributed by atoms with Gasteiger partial charge < -0.3 is 5.32 Å². The second-order valence-electron chi connectivity index (χ2n) is 3.15. The van der Waals surface area contributed by atoms with Gasteiger partial charge in [-0.15, -0.1) is 11.3 Å². The number of rotatable bonds is 3. The van der Waals surface area contributed by atoms with E-state index in [4.69, 9.17) is 5.84 Å². The van der Waals surface area contributed by atoms with Crippen molar-refractivity contribution in [1.82, 2.24) is 9.97 Å². The van der Waals surface area contributed by atoms with E-state index in [2.05, 4.69) is 33.7 Å². The molecule has 6 heteroatoms. The van der Waals surface area contributed by atoms with Gasteiger partial charge in [-0.2, -0.15) is 4.98 Å². The number of hydrazine groups is 1. The maximum absolute atomic E-state index is 5.31. The molecule has 4 N–H and O–H groups in total. The Morgan fingerprint density at radius 3 is 2.93 bits per heavy atom. The van der Waals surface area contributed by atoms with Crippen molar-refractivity contribution >= 4 is 33.3 Å². The fourth-order valence-corrected chi connectivity index (χ4v) is 2.29. The summed E-state index contributed by atoms with van der Waals surface area (Å²) in [4.78, 5) is 10.7. The van der Waals surface area contributed by atoms with Gasteiger partial charge in [0.05, 0.1) is 5.39 Å². The third-order valence-corrected chi connectivity index (χ3v) is 2.93. The van der Waals surface area contributed by atoms with Crippen LogP contribution >= 0.6 is 11.3 Å². The second kappa shape index (κ2) is 4.00. The molecule has 2 aromatic rings. The lowest BCUT2D eigenvalue weighted by Crippen LogP contribution is -2.11. The largest absolute Gasteiger partial charge is 0.370 e. The number of nitrogen functional groups attached to an aromatic ring is 1. The smallest absolute Gasteiger partial charge is 0.240 e. The fraction of sp³-hybridized carbons (Fsp3) is 0.333. The molecule has 0 bridgehead atoms. The SMILES string of the molecule is CCNc1nc(NN)nc2sc(C)cc12. The Bertz CT molecular complexity index is 479. The summed E-state index contributed by atoms with van der Waals surface area (Å²) in [7, 11) is 0. The van der Waals surface area contributed by atoms with Crippen molar-refractivity contribution in [2.45, 2.75) is 13.8 Å². The molecule has 15 heavy (non-hydrogen) atoms. The molecule has 0 atom stereocenters. The number of nitrogens with zero attached hydrogens (tertiary/aromatic N) is 2. The minimum atomic E-state index is 0.445. The average Bonchev–Trinajstić information content (AvgIpc) is 2.58. The van der Waals surface area contributed by atoms with Crippen molar-refractivity contribution in [2.24, 2.45) is 5.84 Å². The first-order valence-corrected chi connectivity index (χ1v) is 5.55. The number of aromatic nitrogens is 2. The first-order valence-electron chi connectivity index (χ1n) is 4.73. The monoisotopic (exact) mass is 223 g/mol. The van der Waals surface area contributed by atoms with Gasteiger partial charge >= 0.3 is 0 Å². The number of thiophene rings is 1. The maximum Gasteiger partial charge on any atom is 0.240 e. The highest BCUT2D eigenvalue weighted by Crippen LogP contribution is 2.29. The molecule has 2 heterocycles. The Hall–Kier alpha value is -1.40. The molecular weight excluding hydrogens is 210 g/mol. The Labute approximate surface area is 91.7 Å². The van der Waals surface area contributed by atoms with Gasteiger partial charge in [-0.05, 0) is 19.9 Å². The molecule has 0 radical (unpaired) electrons. The van der Waals surface area contributed by atoms with Gasteiger partial charge in [0, 0.05) is 11.4 Å². The number of nitrogens with two attached hydrogens (primary N) is 1. The summed E-state index contributed by atoms with van der Waals surface area (Å²) in [5, 5.41) is 4.25. The van der Waals surface area contributed by atoms with E-state index < -0.39 is 0 Å². The van der Waals surface area contributed by atoms with Crippen molar-refractivity contribution < 1.29 is 0 Å². The molecule has 5 nitrogen and oxygen atoms in total. The highest BCUT2D eigenvalue weighted by molar-refractivity contribution is 7.18. The number of anilines is 2. The summed E-state index contributed by atoms with van der Waals surface area (Å²) in [6, 6.07) is 2.08. The Morgan fingerprint density at radius 1 is 1.47 bits per heavy atom. The molecular formula is C9H13N5S. The van der Waals surface area contributed by atoms with Gasteiger partial charge in [-0.3, -0.25) is 5.43 Å². The summed E-state index contributed by atoms with van der Waals surface area (Å²) in [5.74, 6) is 6.59. The van der Waals surface area contributed by atoms with Gasteiger partial charge in [-0.1, -0.05) is 0 Å². The summed E-state index contributed by atoms with van der Waals surface area (Å²) in [6.45, 7) is 4.91. The van der Waals surface area contributed by atoms with Crippen LogP contribution in [-0.4, -0.2) is 16.5 Å². The van der Waals surface area contributed by atoms with Crippen LogP contribution in [0.5, 0.6) is 0 Å². The molecule has 0 aliphatic rings. The van der Waals surface area contributed by atoms with Crippen LogP contribution in [0.1, 0.15) is 11.8 Å². The zero-order valence-electron chi connectivity index (χ0n) is 8.66. The molecule has 0 aliphatic heterocycles. The normalized spacial score (nSPS) is 10.6. The van der Waals surface area contributed by atoms with E-state index in [-0.39, 0.29) is 0 Å². The van der Waals surface area contributed by atoms with Crippen LogP contribution in [0.3, 0.4) is 0 Å². The zero-order chi connectivity index (χ0) is 10.8. The van der Waals surface area contributed by atoms with E-state index in [0.717, 1.165) is 22.6 Å². The Kier molecular flexibility index (Phi) is 2.70. The van der Waals surface area contributed by atoms with E-state index in [1.807, 2.05) is 6.92 Å². The minimum absolute atomic E-state index is 0.445. The molecule has 0 unspecified atom stereocenters. The van der Waals surface area contributed by atoms with Crippen LogP contribution in [0.25, 0.3) is 10.2 Å². The van der Waals surface area contributed by atoms with E-state index >= 15 is 0 Å². The van der Waals surface area contributed by atoms with Crippen LogP contribution in [0, 0.1) is 6.92 Å². The molecule has 2 rings (SSSR count). The third-order valence-electron chi connectivity index (χ3n) is 1.99. The molecule has 0 aromatic carbocycles. The van der Waals surface area contributed by atoms with E-state index in [0.29, 0.717) is 5.95 Å². The predicted molar refractivity (Wildman–Crippen MR) is 64.1 cm³/mol. The summed E-state index contributed by atoms with van der Waals surface area (Å²) in [6.07, 6.45) is 0. The summed E-state index contributed by atoms with van der Waals surface area (Å²) < 4.78 is 0. The van der Waals surface area contributed by atoms with Gasteiger partial charge in [0.25, 0.3) is 0 Å². The van der Waals surface area contributed by atoms with E-state index in [9.17, 15) is 0 Å². The van der Waals surface area contributed by atoms with Crippen molar-refractivity contribution in [3.05, 3.63) is 10.9 Å². The van der Waals surface area contributed by atoms with E-state index in [1.165, 1.54) is 4.88 Å². The van der Waals surface area contributed by atoms with Gasteiger partial charge in [-0.25, -0.2) is 10.8 Å². The highest BCUT2D eigenvalue weighted by atomic mass is 32.1. The van der Waals surface area contributed by atoms with Crippen LogP contribution in [-0.2, 0) is 0 Å². The van der Waals surface area contributed by atoms with Crippen molar-refractivity contribution in [1.29, 1.82) is 0 Å². The third kappa shape index (κ3) is 1.86. The number of hydrogen-bond acceptors (Lipinski definition) is 6. The molecule has 80 valence electrons. The first kappa shape index (κ1) is 10.1. The molecule has 0 spiro atoms. The summed E-state index contributed by atoms with van der Waals surface area (Å²) in [5.41, 5.74) is 2.47. The van der Waals surface area contributed by atoms with Gasteiger partial charge in [0.15, 0.2) is 0 Å². The molecule has 0 aliphatic carbocycles. The molecule has 0 saturated heterocycles. The zero-order valence-corrected chi connectivity index (χ0v) is 9.48. The topological polar surface area (TPSA) is 75.9 Å². The van der Waals surface area contributed by atoms with Crippen LogP contribution < -0.4 is 16.6 Å². The standard InChI is InChI=1S/C9H13N5S/c1-3-11-7-6-4-5(2)15-8(6)13-9(12-7)14-10/h4H,3,10H2,1-2H3,(H2,11,12,13,14). The Balaban J connectivity index is 2.62. The second-order valence-corrected chi connectivity index (χ2v) is 4.38. The van der Waals surface area contributed by atoms with Gasteiger partial charge in [0.1, 0.15) is 10.6 Å². The predicted octanol–water partition coefficient (Wildman–Crippen LogP) is 1.72. The summed E-state index contributed by atoms with van der Waals surface area (Å²) >= 11 is 1.64. The number of aryl methyl sites for hydroxylation is 1. The molecule has 0 saturated carbocycles. The minimum Gasteiger partial charge on any atom is -0.370 e. The van der Waals surface area contributed by atoms with Crippen LogP contribution in [0.4, 0.5) is 11.8 Å². The first-order chi connectivity index (χ1) is 7.24. The quantitative estimate of drug-likeness (QED) is 0.545. The number of hydrogen-bond donors (Lipinski definition) is 3. The average molecular weight is 223 g/mol. The molecule has 0 amide bonds. The van der Waals surface area contributed by atoms with Crippen LogP contribution in [0.2, 0.25) is 0 Å². The lowest BCUT2D eigenvalue weighted by atomic mass is 10.3. The lowest BCUT2D eigenvalue weighted by molar-refractivity contribution is 1.12. The fourth-order valence-electron chi connectivity index (χ4n) is 1.41. The lowest BCUT2D eigenvalue weighted by Gasteiger charge is -2.05. The number of nitrogens with one attached hydrogen (secondary N) is 2. The number of fused-ring (bicyclic) bond motifs is 1. The van der Waals surface area contributed by atoms with E-state index in [1.54, 1.807) is 11.3 Å². The van der Waals surface area contributed by atoms with Crippen molar-refractivity contribution in [3.63, 3.8) is 0 Å². The van der Waals surface area contributed by atoms with Crippen LogP contribution in [0.15, 0.2) is 6.07 Å². The maximum atomic E-state index is 5.31. The van der Waals surface area contributed by atoms with Crippen molar-refractivity contribution in [3.8, 4) is 0 Å². The van der Waals surface area contributed by atoms with Crippen molar-refractivity contribution in [2.75, 3.05) is 17.3 Å². The highest BCUT2D eigenvalue weighted by Gasteiger charge is 2.08. The Morgan fingerprint density at radius 2 is 2.27 bits per heavy atom.